The number of fused-ring (bicyclic) bond motifs is 6. The lowest BCUT2D eigenvalue weighted by molar-refractivity contribution is 1.20. The van der Waals surface area contributed by atoms with E-state index >= 15 is 0 Å². The Morgan fingerprint density at radius 3 is 1.26 bits per heavy atom. The van der Waals surface area contributed by atoms with Crippen LogP contribution in [-0.4, -0.2) is 24.9 Å². The normalized spacial score (nSPS) is 12.2. The van der Waals surface area contributed by atoms with E-state index in [1.165, 1.54) is 69.1 Å². The third kappa shape index (κ3) is 4.21. The van der Waals surface area contributed by atoms with Crippen molar-refractivity contribution < 1.29 is 0 Å². The lowest BCUT2D eigenvalue weighted by atomic mass is 10.0. The molecule has 0 spiro atoms. The summed E-state index contributed by atoms with van der Waals surface area (Å²) in [4.78, 5) is 0. The maximum atomic E-state index is 3.92. The van der Waals surface area contributed by atoms with Gasteiger partial charge in [-0.05, 0) is 72.7 Å². The number of hydrogen-bond donors (Lipinski definition) is 0. The first-order valence-electron chi connectivity index (χ1n) is 14.5. The number of hydrogen-bond acceptors (Lipinski definition) is 0. The number of nitrogens with zero attached hydrogens (tertiary/aromatic N) is 2. The Hall–Kier alpha value is -3.19. The summed E-state index contributed by atoms with van der Waals surface area (Å²) in [5, 5.41) is 2.46. The Labute approximate surface area is 230 Å². The standard InChI is InChI=1S/C34H40N2Si2/c1-7-37(8-2,9-3)23-19-29-31-25-27-17-14-16-22-36(27)34(31)30(20-24-38(10-4,11-5)12-6)32-26-28-18-13-15-21-35(28)33(29)32/h13-18,21-22,25-26H,7-12H2,1-6H3. The first-order chi connectivity index (χ1) is 18.5. The summed E-state index contributed by atoms with van der Waals surface area (Å²) < 4.78 is 4.67. The molecule has 194 valence electrons. The number of benzene rings is 1. The second-order valence-corrected chi connectivity index (χ2v) is 20.6. The molecule has 2 nitrogen and oxygen atoms in total. The van der Waals surface area contributed by atoms with Gasteiger partial charge in [-0.1, -0.05) is 65.5 Å². The van der Waals surface area contributed by atoms with Gasteiger partial charge in [-0.25, -0.2) is 0 Å². The summed E-state index contributed by atoms with van der Waals surface area (Å²) in [5.41, 5.74) is 15.0. The molecule has 0 saturated carbocycles. The zero-order valence-electron chi connectivity index (χ0n) is 23.9. The van der Waals surface area contributed by atoms with E-state index < -0.39 is 16.1 Å². The van der Waals surface area contributed by atoms with Crippen molar-refractivity contribution in [2.24, 2.45) is 0 Å². The molecule has 0 N–H and O–H groups in total. The van der Waals surface area contributed by atoms with Gasteiger partial charge in [-0.15, -0.1) is 11.1 Å². The molecule has 0 bridgehead atoms. The van der Waals surface area contributed by atoms with Crippen LogP contribution in [0.4, 0.5) is 0 Å². The van der Waals surface area contributed by atoms with Crippen molar-refractivity contribution in [3.05, 3.63) is 72.1 Å². The lowest BCUT2D eigenvalue weighted by Gasteiger charge is -2.20. The zero-order valence-corrected chi connectivity index (χ0v) is 25.9. The van der Waals surface area contributed by atoms with E-state index in [0.717, 1.165) is 11.1 Å². The van der Waals surface area contributed by atoms with Crippen molar-refractivity contribution in [3.63, 3.8) is 0 Å². The molecule has 0 saturated heterocycles. The zero-order chi connectivity index (χ0) is 26.9. The summed E-state index contributed by atoms with van der Waals surface area (Å²) in [7, 11) is -3.26. The molecule has 0 aliphatic rings. The van der Waals surface area contributed by atoms with Crippen LogP contribution in [0.5, 0.6) is 0 Å². The van der Waals surface area contributed by atoms with E-state index in [9.17, 15) is 0 Å². The van der Waals surface area contributed by atoms with E-state index in [4.69, 9.17) is 0 Å². The van der Waals surface area contributed by atoms with E-state index in [0.29, 0.717) is 0 Å². The maximum absolute atomic E-state index is 3.92. The SMILES string of the molecule is CC[Si](C#Cc1c2cc3ccccn3c2c(C#C[Si](CC)(CC)CC)c2cc3ccccn3c12)(CC)CC. The van der Waals surface area contributed by atoms with Gasteiger partial charge in [0.25, 0.3) is 0 Å². The number of aromatic nitrogens is 2. The fraction of sp³-hybridized carbons (Fsp3) is 0.353. The van der Waals surface area contributed by atoms with Crippen LogP contribution in [0.1, 0.15) is 52.7 Å². The average Bonchev–Trinajstić information content (AvgIpc) is 3.55. The Morgan fingerprint density at radius 2 is 0.921 bits per heavy atom. The molecular weight excluding hydrogens is 493 g/mol. The highest BCUT2D eigenvalue weighted by atomic mass is 28.3. The summed E-state index contributed by atoms with van der Waals surface area (Å²) in [5.74, 6) is 7.67. The van der Waals surface area contributed by atoms with Crippen LogP contribution in [0.25, 0.3) is 32.8 Å². The van der Waals surface area contributed by atoms with Crippen LogP contribution in [0.2, 0.25) is 36.3 Å². The molecule has 5 aromatic rings. The molecular formula is C34H40N2Si2. The molecule has 0 aliphatic heterocycles. The molecule has 4 aromatic heterocycles. The van der Waals surface area contributed by atoms with Crippen molar-refractivity contribution in [3.8, 4) is 22.9 Å². The van der Waals surface area contributed by atoms with Gasteiger partial charge in [0.15, 0.2) is 0 Å². The highest BCUT2D eigenvalue weighted by molar-refractivity contribution is 6.87. The fourth-order valence-corrected chi connectivity index (χ4v) is 10.9. The summed E-state index contributed by atoms with van der Waals surface area (Å²) in [6.45, 7) is 14.0. The van der Waals surface area contributed by atoms with E-state index in [2.05, 4.69) is 134 Å². The summed E-state index contributed by atoms with van der Waals surface area (Å²) in [6.07, 6.45) is 4.38. The predicted octanol–water partition coefficient (Wildman–Crippen LogP) is 9.30. The third-order valence-corrected chi connectivity index (χ3v) is 18.8. The predicted molar refractivity (Wildman–Crippen MR) is 172 cm³/mol. The van der Waals surface area contributed by atoms with Crippen molar-refractivity contribution in [1.29, 1.82) is 0 Å². The maximum Gasteiger partial charge on any atom is 0.138 e. The molecule has 0 aliphatic carbocycles. The Kier molecular flexibility index (Phi) is 7.32. The fourth-order valence-electron chi connectivity index (χ4n) is 6.07. The topological polar surface area (TPSA) is 8.82 Å². The second kappa shape index (κ2) is 10.5. The Morgan fingerprint density at radius 1 is 0.553 bits per heavy atom. The summed E-state index contributed by atoms with van der Waals surface area (Å²) >= 11 is 0. The summed E-state index contributed by atoms with van der Waals surface area (Å²) in [6, 6.07) is 24.8. The van der Waals surface area contributed by atoms with Crippen LogP contribution >= 0.6 is 0 Å². The molecule has 4 heteroatoms. The largest absolute Gasteiger partial charge is 0.315 e. The molecule has 1 aromatic carbocycles. The minimum Gasteiger partial charge on any atom is -0.315 e. The third-order valence-electron chi connectivity index (χ3n) is 9.34. The quantitative estimate of drug-likeness (QED) is 0.152. The molecule has 0 unspecified atom stereocenters. The average molecular weight is 533 g/mol. The van der Waals surface area contributed by atoms with Crippen molar-refractivity contribution in [1.82, 2.24) is 8.80 Å². The van der Waals surface area contributed by atoms with E-state index in [-0.39, 0.29) is 0 Å². The molecule has 0 amide bonds. The highest BCUT2D eigenvalue weighted by Gasteiger charge is 2.27. The monoisotopic (exact) mass is 532 g/mol. The van der Waals surface area contributed by atoms with Crippen molar-refractivity contribution >= 4 is 49.0 Å². The number of pyridine rings is 2. The van der Waals surface area contributed by atoms with Crippen molar-refractivity contribution in [2.45, 2.75) is 77.8 Å². The second-order valence-electron chi connectivity index (χ2n) is 10.7. The van der Waals surface area contributed by atoms with Crippen LogP contribution < -0.4 is 0 Å². The first-order valence-corrected chi connectivity index (χ1v) is 19.7. The molecule has 0 atom stereocenters. The lowest BCUT2D eigenvalue weighted by Crippen LogP contribution is -2.29. The van der Waals surface area contributed by atoms with Gasteiger partial charge in [-0.3, -0.25) is 0 Å². The van der Waals surface area contributed by atoms with Crippen LogP contribution in [0.15, 0.2) is 60.9 Å². The molecule has 5 rings (SSSR count). The van der Waals surface area contributed by atoms with Gasteiger partial charge >= 0.3 is 0 Å². The van der Waals surface area contributed by atoms with Crippen LogP contribution in [0, 0.1) is 22.9 Å². The highest BCUT2D eigenvalue weighted by Crippen LogP contribution is 2.37. The smallest absolute Gasteiger partial charge is 0.138 e. The van der Waals surface area contributed by atoms with Gasteiger partial charge in [-0.2, -0.15) is 0 Å². The van der Waals surface area contributed by atoms with Crippen LogP contribution in [-0.2, 0) is 0 Å². The first kappa shape index (κ1) is 26.4. The van der Waals surface area contributed by atoms with Gasteiger partial charge in [0.05, 0.1) is 22.2 Å². The van der Waals surface area contributed by atoms with E-state index in [1.807, 2.05) is 0 Å². The van der Waals surface area contributed by atoms with Gasteiger partial charge in [0.1, 0.15) is 16.1 Å². The number of rotatable bonds is 6. The van der Waals surface area contributed by atoms with Crippen LogP contribution in [0.3, 0.4) is 0 Å². The Bertz CT molecular complexity index is 1610. The molecule has 0 fully saturated rings. The van der Waals surface area contributed by atoms with Gasteiger partial charge in [0.2, 0.25) is 0 Å². The van der Waals surface area contributed by atoms with Gasteiger partial charge < -0.3 is 8.80 Å². The molecule has 4 heterocycles. The molecule has 0 radical (unpaired) electrons. The molecule has 38 heavy (non-hydrogen) atoms. The minimum atomic E-state index is -1.63. The van der Waals surface area contributed by atoms with Crippen molar-refractivity contribution in [2.75, 3.05) is 0 Å². The minimum absolute atomic E-state index is 1.16. The van der Waals surface area contributed by atoms with Gasteiger partial charge in [0, 0.05) is 34.2 Å². The Balaban J connectivity index is 1.99. The van der Waals surface area contributed by atoms with E-state index in [1.54, 1.807) is 0 Å².